The van der Waals surface area contributed by atoms with Crippen LogP contribution >= 0.6 is 0 Å². The first-order valence-electron chi connectivity index (χ1n) is 5.59. The van der Waals surface area contributed by atoms with Gasteiger partial charge in [0.15, 0.2) is 0 Å². The number of hydrogen-bond donors (Lipinski definition) is 2. The number of aromatic nitrogens is 1. The maximum Gasteiger partial charge on any atom is 0.0478 e. The molecule has 0 radical (unpaired) electrons. The highest BCUT2D eigenvalue weighted by Crippen LogP contribution is 2.28. The number of rotatable bonds is 3. The van der Waals surface area contributed by atoms with Gasteiger partial charge in [-0.3, -0.25) is 4.98 Å². The number of hydrogen-bond acceptors (Lipinski definition) is 3. The molecule has 2 unspecified atom stereocenters. The van der Waals surface area contributed by atoms with Crippen LogP contribution in [0.5, 0.6) is 0 Å². The van der Waals surface area contributed by atoms with Crippen molar-refractivity contribution >= 4 is 5.69 Å². The smallest absolute Gasteiger partial charge is 0.0478 e. The summed E-state index contributed by atoms with van der Waals surface area (Å²) in [6.45, 7) is 2.35. The van der Waals surface area contributed by atoms with Crippen molar-refractivity contribution in [1.29, 1.82) is 0 Å². The van der Waals surface area contributed by atoms with Crippen LogP contribution in [0, 0.1) is 12.8 Å². The summed E-state index contributed by atoms with van der Waals surface area (Å²) in [6, 6.07) is 2.43. The average Bonchev–Trinajstić information content (AvgIpc) is 2.69. The molecule has 3 heteroatoms. The van der Waals surface area contributed by atoms with Crippen molar-refractivity contribution in [3.05, 3.63) is 24.0 Å². The molecule has 1 heterocycles. The SMILES string of the molecule is Cc1cnccc1NC1CCCC1CO. The third kappa shape index (κ3) is 2.29. The molecule has 0 aromatic carbocycles. The summed E-state index contributed by atoms with van der Waals surface area (Å²) in [5.74, 6) is 0.414. The fourth-order valence-corrected chi connectivity index (χ4v) is 2.28. The molecule has 0 aliphatic heterocycles. The van der Waals surface area contributed by atoms with Crippen molar-refractivity contribution < 1.29 is 5.11 Å². The molecule has 1 saturated carbocycles. The quantitative estimate of drug-likeness (QED) is 0.794. The van der Waals surface area contributed by atoms with Crippen LogP contribution in [-0.2, 0) is 0 Å². The van der Waals surface area contributed by atoms with E-state index in [0.29, 0.717) is 18.6 Å². The molecule has 1 aromatic rings. The second kappa shape index (κ2) is 4.62. The van der Waals surface area contributed by atoms with Crippen LogP contribution in [0.25, 0.3) is 0 Å². The lowest BCUT2D eigenvalue weighted by Gasteiger charge is -2.21. The van der Waals surface area contributed by atoms with Crippen LogP contribution in [-0.4, -0.2) is 22.7 Å². The van der Waals surface area contributed by atoms with Gasteiger partial charge in [-0.1, -0.05) is 6.42 Å². The predicted molar refractivity (Wildman–Crippen MR) is 60.8 cm³/mol. The molecular weight excluding hydrogens is 188 g/mol. The number of anilines is 1. The van der Waals surface area contributed by atoms with Crippen molar-refractivity contribution in [3.63, 3.8) is 0 Å². The molecule has 1 aliphatic rings. The summed E-state index contributed by atoms with van der Waals surface area (Å²) < 4.78 is 0. The molecule has 3 nitrogen and oxygen atoms in total. The molecule has 0 amide bonds. The summed E-state index contributed by atoms with van der Waals surface area (Å²) in [7, 11) is 0. The first kappa shape index (κ1) is 10.4. The van der Waals surface area contributed by atoms with Gasteiger partial charge < -0.3 is 10.4 Å². The van der Waals surface area contributed by atoms with E-state index >= 15 is 0 Å². The largest absolute Gasteiger partial charge is 0.396 e. The fourth-order valence-electron chi connectivity index (χ4n) is 2.28. The van der Waals surface area contributed by atoms with E-state index in [-0.39, 0.29) is 0 Å². The summed E-state index contributed by atoms with van der Waals surface area (Å²) in [5.41, 5.74) is 2.32. The molecule has 15 heavy (non-hydrogen) atoms. The summed E-state index contributed by atoms with van der Waals surface area (Å²) in [6.07, 6.45) is 7.18. The minimum absolute atomic E-state index is 0.293. The zero-order chi connectivity index (χ0) is 10.7. The van der Waals surface area contributed by atoms with E-state index in [9.17, 15) is 5.11 Å². The highest BCUT2D eigenvalue weighted by molar-refractivity contribution is 5.49. The van der Waals surface area contributed by atoms with E-state index in [1.807, 2.05) is 12.3 Å². The van der Waals surface area contributed by atoms with Crippen LogP contribution in [0.1, 0.15) is 24.8 Å². The number of aliphatic hydroxyl groups is 1. The molecule has 1 aliphatic carbocycles. The van der Waals surface area contributed by atoms with Crippen molar-refractivity contribution in [2.75, 3.05) is 11.9 Å². The van der Waals surface area contributed by atoms with E-state index in [1.54, 1.807) is 6.20 Å². The maximum absolute atomic E-state index is 9.23. The van der Waals surface area contributed by atoms with Crippen LogP contribution in [0.3, 0.4) is 0 Å². The van der Waals surface area contributed by atoms with Crippen LogP contribution in [0.15, 0.2) is 18.5 Å². The topological polar surface area (TPSA) is 45.2 Å². The molecule has 1 fully saturated rings. The lowest BCUT2D eigenvalue weighted by molar-refractivity contribution is 0.222. The minimum atomic E-state index is 0.293. The Balaban J connectivity index is 2.05. The minimum Gasteiger partial charge on any atom is -0.396 e. The first-order chi connectivity index (χ1) is 7.31. The maximum atomic E-state index is 9.23. The van der Waals surface area contributed by atoms with Crippen molar-refractivity contribution in [1.82, 2.24) is 4.98 Å². The Hall–Kier alpha value is -1.09. The standard InChI is InChI=1S/C12H18N2O/c1-9-7-13-6-5-11(9)14-12-4-2-3-10(12)8-15/h5-7,10,12,15H,2-4,8H2,1H3,(H,13,14). The fraction of sp³-hybridized carbons (Fsp3) is 0.583. The van der Waals surface area contributed by atoms with E-state index in [2.05, 4.69) is 17.2 Å². The van der Waals surface area contributed by atoms with Gasteiger partial charge in [0.25, 0.3) is 0 Å². The van der Waals surface area contributed by atoms with Crippen LogP contribution in [0.4, 0.5) is 5.69 Å². The van der Waals surface area contributed by atoms with Gasteiger partial charge in [0, 0.05) is 36.6 Å². The highest BCUT2D eigenvalue weighted by Gasteiger charge is 2.26. The summed E-state index contributed by atoms with van der Waals surface area (Å²) >= 11 is 0. The van der Waals surface area contributed by atoms with Gasteiger partial charge in [-0.25, -0.2) is 0 Å². The summed E-state index contributed by atoms with van der Waals surface area (Å²) in [5, 5.41) is 12.7. The van der Waals surface area contributed by atoms with E-state index < -0.39 is 0 Å². The zero-order valence-corrected chi connectivity index (χ0v) is 9.11. The van der Waals surface area contributed by atoms with Crippen molar-refractivity contribution in [3.8, 4) is 0 Å². The second-order valence-corrected chi connectivity index (χ2v) is 4.31. The van der Waals surface area contributed by atoms with E-state index in [0.717, 1.165) is 18.5 Å². The van der Waals surface area contributed by atoms with Gasteiger partial charge >= 0.3 is 0 Å². The van der Waals surface area contributed by atoms with Crippen LogP contribution in [0.2, 0.25) is 0 Å². The normalized spacial score (nSPS) is 25.5. The van der Waals surface area contributed by atoms with E-state index in [1.165, 1.54) is 12.0 Å². The van der Waals surface area contributed by atoms with Gasteiger partial charge in [-0.15, -0.1) is 0 Å². The number of aryl methyl sites for hydroxylation is 1. The molecule has 2 atom stereocenters. The Morgan fingerprint density at radius 3 is 3.13 bits per heavy atom. The number of aliphatic hydroxyl groups excluding tert-OH is 1. The molecule has 2 rings (SSSR count). The Labute approximate surface area is 90.5 Å². The Morgan fingerprint density at radius 1 is 1.53 bits per heavy atom. The molecule has 2 N–H and O–H groups in total. The lowest BCUT2D eigenvalue weighted by Crippen LogP contribution is -2.26. The predicted octanol–water partition coefficient (Wildman–Crippen LogP) is 1.96. The van der Waals surface area contributed by atoms with Gasteiger partial charge in [0.1, 0.15) is 0 Å². The third-order valence-electron chi connectivity index (χ3n) is 3.25. The van der Waals surface area contributed by atoms with Crippen LogP contribution < -0.4 is 5.32 Å². The van der Waals surface area contributed by atoms with Gasteiger partial charge in [-0.05, 0) is 31.4 Å². The van der Waals surface area contributed by atoms with Crippen molar-refractivity contribution in [2.45, 2.75) is 32.2 Å². The monoisotopic (exact) mass is 206 g/mol. The number of pyridine rings is 1. The molecular formula is C12H18N2O. The molecule has 0 spiro atoms. The molecule has 1 aromatic heterocycles. The Kier molecular flexibility index (Phi) is 3.21. The van der Waals surface area contributed by atoms with Gasteiger partial charge in [-0.2, -0.15) is 0 Å². The first-order valence-corrected chi connectivity index (χ1v) is 5.59. The third-order valence-corrected chi connectivity index (χ3v) is 3.25. The Bertz CT molecular complexity index is 327. The average molecular weight is 206 g/mol. The molecule has 0 bridgehead atoms. The van der Waals surface area contributed by atoms with Gasteiger partial charge in [0.05, 0.1) is 0 Å². The molecule has 82 valence electrons. The van der Waals surface area contributed by atoms with Crippen molar-refractivity contribution in [2.24, 2.45) is 5.92 Å². The van der Waals surface area contributed by atoms with E-state index in [4.69, 9.17) is 0 Å². The highest BCUT2D eigenvalue weighted by atomic mass is 16.3. The Morgan fingerprint density at radius 2 is 2.40 bits per heavy atom. The zero-order valence-electron chi connectivity index (χ0n) is 9.11. The number of nitrogens with zero attached hydrogens (tertiary/aromatic N) is 1. The second-order valence-electron chi connectivity index (χ2n) is 4.31. The summed E-state index contributed by atoms with van der Waals surface area (Å²) in [4.78, 5) is 4.07. The van der Waals surface area contributed by atoms with Gasteiger partial charge in [0.2, 0.25) is 0 Å². The molecule has 0 saturated heterocycles. The number of nitrogens with one attached hydrogen (secondary N) is 1. The lowest BCUT2D eigenvalue weighted by atomic mass is 10.0.